The highest BCUT2D eigenvalue weighted by molar-refractivity contribution is 5.97. The van der Waals surface area contributed by atoms with E-state index in [9.17, 15) is 9.18 Å². The molecule has 0 atom stereocenters. The molecule has 0 amide bonds. The smallest absolute Gasteiger partial charge is 0.167 e. The second kappa shape index (κ2) is 5.78. The highest BCUT2D eigenvalue weighted by Gasteiger charge is 2.14. The van der Waals surface area contributed by atoms with Crippen LogP contribution >= 0.6 is 0 Å². The van der Waals surface area contributed by atoms with Gasteiger partial charge in [-0.25, -0.2) is 4.39 Å². The van der Waals surface area contributed by atoms with Crippen LogP contribution in [0.15, 0.2) is 36.4 Å². The maximum Gasteiger partial charge on any atom is 0.167 e. The van der Waals surface area contributed by atoms with Crippen molar-refractivity contribution >= 4 is 5.78 Å². The van der Waals surface area contributed by atoms with Gasteiger partial charge in [-0.2, -0.15) is 0 Å². The Labute approximate surface area is 124 Å². The van der Waals surface area contributed by atoms with Crippen molar-refractivity contribution in [2.75, 3.05) is 6.54 Å². The van der Waals surface area contributed by atoms with E-state index in [-0.39, 0.29) is 18.0 Å². The molecule has 1 aliphatic heterocycles. The summed E-state index contributed by atoms with van der Waals surface area (Å²) in [6, 6.07) is 10.5. The number of ketones is 1. The molecule has 1 N–H and O–H groups in total. The Bertz CT molecular complexity index is 694. The Morgan fingerprint density at radius 2 is 2.05 bits per heavy atom. The summed E-state index contributed by atoms with van der Waals surface area (Å²) in [7, 11) is 0. The number of hydrogen-bond acceptors (Lipinski definition) is 2. The predicted molar refractivity (Wildman–Crippen MR) is 81.0 cm³/mol. The number of hydrogen-bond donors (Lipinski definition) is 1. The van der Waals surface area contributed by atoms with Gasteiger partial charge in [0.25, 0.3) is 0 Å². The van der Waals surface area contributed by atoms with E-state index in [1.165, 1.54) is 23.3 Å². The molecule has 1 heterocycles. The van der Waals surface area contributed by atoms with Crippen LogP contribution in [-0.4, -0.2) is 12.3 Å². The molecule has 0 unspecified atom stereocenters. The highest BCUT2D eigenvalue weighted by atomic mass is 19.1. The summed E-state index contributed by atoms with van der Waals surface area (Å²) < 4.78 is 13.3. The molecule has 0 fully saturated rings. The lowest BCUT2D eigenvalue weighted by molar-refractivity contribution is 0.0992. The van der Waals surface area contributed by atoms with Gasteiger partial charge in [0, 0.05) is 18.5 Å². The third-order valence-corrected chi connectivity index (χ3v) is 4.08. The Kier molecular flexibility index (Phi) is 3.84. The van der Waals surface area contributed by atoms with Crippen molar-refractivity contribution < 1.29 is 9.18 Å². The van der Waals surface area contributed by atoms with Gasteiger partial charge in [-0.05, 0) is 60.3 Å². The lowest BCUT2D eigenvalue weighted by Gasteiger charge is -2.17. The summed E-state index contributed by atoms with van der Waals surface area (Å²) in [5.41, 5.74) is 4.93. The second-order valence-electron chi connectivity index (χ2n) is 5.58. The summed E-state index contributed by atoms with van der Waals surface area (Å²) in [6.07, 6.45) is 1.25. The first-order valence-electron chi connectivity index (χ1n) is 7.24. The van der Waals surface area contributed by atoms with Gasteiger partial charge < -0.3 is 5.32 Å². The van der Waals surface area contributed by atoms with Gasteiger partial charge in [-0.1, -0.05) is 18.2 Å². The van der Waals surface area contributed by atoms with Crippen molar-refractivity contribution in [2.45, 2.75) is 26.3 Å². The van der Waals surface area contributed by atoms with E-state index in [1.54, 1.807) is 6.07 Å². The SMILES string of the molecule is Cc1ccc(F)cc1CC(=O)c1ccc2c(c1)CNCC2. The first-order valence-corrected chi connectivity index (χ1v) is 7.24. The molecule has 2 nitrogen and oxygen atoms in total. The Balaban J connectivity index is 1.83. The number of Topliss-reactive ketones (excluding diaryl/α,β-unsaturated/α-hetero) is 1. The van der Waals surface area contributed by atoms with Crippen molar-refractivity contribution in [3.8, 4) is 0 Å². The number of rotatable bonds is 3. The number of benzene rings is 2. The minimum absolute atomic E-state index is 0.0390. The van der Waals surface area contributed by atoms with Gasteiger partial charge in [0.15, 0.2) is 5.78 Å². The zero-order valence-electron chi connectivity index (χ0n) is 12.1. The first-order chi connectivity index (χ1) is 10.1. The second-order valence-corrected chi connectivity index (χ2v) is 5.58. The van der Waals surface area contributed by atoms with Crippen LogP contribution in [0.4, 0.5) is 4.39 Å². The monoisotopic (exact) mass is 283 g/mol. The van der Waals surface area contributed by atoms with Crippen LogP contribution in [0.3, 0.4) is 0 Å². The van der Waals surface area contributed by atoms with E-state index in [2.05, 4.69) is 5.32 Å². The predicted octanol–water partition coefficient (Wildman–Crippen LogP) is 3.21. The van der Waals surface area contributed by atoms with Crippen LogP contribution in [0.5, 0.6) is 0 Å². The number of halogens is 1. The average Bonchev–Trinajstić information content (AvgIpc) is 2.50. The summed E-state index contributed by atoms with van der Waals surface area (Å²) in [4.78, 5) is 12.4. The Hall–Kier alpha value is -2.00. The van der Waals surface area contributed by atoms with Crippen molar-refractivity contribution in [1.29, 1.82) is 0 Å². The molecule has 2 aromatic carbocycles. The standard InChI is InChI=1S/C18H18FNO/c1-12-2-5-17(19)9-15(12)10-18(21)14-4-3-13-6-7-20-11-16(13)8-14/h2-5,8-9,20H,6-7,10-11H2,1H3. The Morgan fingerprint density at radius 1 is 1.19 bits per heavy atom. The molecule has 2 aromatic rings. The van der Waals surface area contributed by atoms with E-state index in [1.807, 2.05) is 25.1 Å². The third-order valence-electron chi connectivity index (χ3n) is 4.08. The molecule has 108 valence electrons. The molecule has 3 heteroatoms. The molecule has 0 radical (unpaired) electrons. The molecule has 3 rings (SSSR count). The van der Waals surface area contributed by atoms with E-state index in [0.717, 1.165) is 30.6 Å². The molecule has 0 aromatic heterocycles. The zero-order chi connectivity index (χ0) is 14.8. The maximum atomic E-state index is 13.3. The number of aryl methyl sites for hydroxylation is 1. The fraction of sp³-hybridized carbons (Fsp3) is 0.278. The first kappa shape index (κ1) is 14.0. The fourth-order valence-electron chi connectivity index (χ4n) is 2.76. The van der Waals surface area contributed by atoms with Gasteiger partial charge in [-0.3, -0.25) is 4.79 Å². The molecular weight excluding hydrogens is 265 g/mol. The molecule has 1 aliphatic rings. The number of fused-ring (bicyclic) bond motifs is 1. The molecule has 21 heavy (non-hydrogen) atoms. The molecule has 0 bridgehead atoms. The summed E-state index contributed by atoms with van der Waals surface area (Å²) in [5, 5.41) is 3.31. The summed E-state index contributed by atoms with van der Waals surface area (Å²) >= 11 is 0. The molecule has 0 spiro atoms. The minimum Gasteiger partial charge on any atom is -0.312 e. The average molecular weight is 283 g/mol. The van der Waals surface area contributed by atoms with E-state index in [4.69, 9.17) is 0 Å². The van der Waals surface area contributed by atoms with E-state index < -0.39 is 0 Å². The topological polar surface area (TPSA) is 29.1 Å². The quantitative estimate of drug-likeness (QED) is 0.876. The number of carbonyl (C=O) groups excluding carboxylic acids is 1. The van der Waals surface area contributed by atoms with E-state index in [0.29, 0.717) is 5.56 Å². The van der Waals surface area contributed by atoms with Gasteiger partial charge in [0.05, 0.1) is 0 Å². The summed E-state index contributed by atoms with van der Waals surface area (Å²) in [5.74, 6) is -0.255. The maximum absolute atomic E-state index is 13.3. The van der Waals surface area contributed by atoms with Crippen LogP contribution in [-0.2, 0) is 19.4 Å². The normalized spacial score (nSPS) is 13.8. The van der Waals surface area contributed by atoms with Crippen LogP contribution < -0.4 is 5.32 Å². The lowest BCUT2D eigenvalue weighted by atomic mass is 9.94. The number of carbonyl (C=O) groups is 1. The molecule has 0 aliphatic carbocycles. The molecule has 0 saturated heterocycles. The highest BCUT2D eigenvalue weighted by Crippen LogP contribution is 2.18. The Morgan fingerprint density at radius 3 is 2.90 bits per heavy atom. The van der Waals surface area contributed by atoms with Crippen LogP contribution in [0.2, 0.25) is 0 Å². The van der Waals surface area contributed by atoms with Crippen LogP contribution in [0.1, 0.15) is 32.6 Å². The van der Waals surface area contributed by atoms with Crippen molar-refractivity contribution in [3.63, 3.8) is 0 Å². The van der Waals surface area contributed by atoms with Crippen LogP contribution in [0, 0.1) is 12.7 Å². The van der Waals surface area contributed by atoms with Gasteiger partial charge in [-0.15, -0.1) is 0 Å². The van der Waals surface area contributed by atoms with Crippen molar-refractivity contribution in [1.82, 2.24) is 5.32 Å². The fourth-order valence-corrected chi connectivity index (χ4v) is 2.76. The van der Waals surface area contributed by atoms with Gasteiger partial charge in [0.2, 0.25) is 0 Å². The van der Waals surface area contributed by atoms with E-state index >= 15 is 0 Å². The molecular formula is C18H18FNO. The number of nitrogens with one attached hydrogen (secondary N) is 1. The van der Waals surface area contributed by atoms with Crippen LogP contribution in [0.25, 0.3) is 0 Å². The largest absolute Gasteiger partial charge is 0.312 e. The van der Waals surface area contributed by atoms with Gasteiger partial charge >= 0.3 is 0 Å². The third kappa shape index (κ3) is 3.03. The van der Waals surface area contributed by atoms with Gasteiger partial charge in [0.1, 0.15) is 5.82 Å². The zero-order valence-corrected chi connectivity index (χ0v) is 12.1. The van der Waals surface area contributed by atoms with Crippen molar-refractivity contribution in [2.24, 2.45) is 0 Å². The lowest BCUT2D eigenvalue weighted by Crippen LogP contribution is -2.24. The van der Waals surface area contributed by atoms with Crippen molar-refractivity contribution in [3.05, 3.63) is 70.0 Å². The summed E-state index contributed by atoms with van der Waals surface area (Å²) in [6.45, 7) is 3.71. The molecule has 0 saturated carbocycles. The minimum atomic E-state index is -0.293.